The molecule has 1 heterocycles. The molecule has 0 aliphatic carbocycles. The van der Waals surface area contributed by atoms with Gasteiger partial charge in [0.2, 0.25) is 0 Å². The quantitative estimate of drug-likeness (QED) is 0.703. The maximum Gasteiger partial charge on any atom is 0.125 e. The molecular formula is C16H20BrNOS. The number of rotatable bonds is 5. The fraction of sp³-hybridized carbons (Fsp3) is 0.438. The molecule has 0 aliphatic rings. The number of halogens is 1. The lowest BCUT2D eigenvalue weighted by Gasteiger charge is -2.25. The van der Waals surface area contributed by atoms with Crippen LogP contribution in [0.4, 0.5) is 0 Å². The first kappa shape index (κ1) is 15.7. The van der Waals surface area contributed by atoms with Crippen LogP contribution in [-0.4, -0.2) is 11.6 Å². The SMILES string of the molecule is CCOC(C)(CC)c1nc(-c2cccc(Br)c2)c(C)s1. The average Bonchev–Trinajstić information content (AvgIpc) is 2.81. The van der Waals surface area contributed by atoms with Crippen LogP contribution in [0, 0.1) is 6.92 Å². The molecule has 0 N–H and O–H groups in total. The Morgan fingerprint density at radius 1 is 1.35 bits per heavy atom. The van der Waals surface area contributed by atoms with Crippen LogP contribution in [0.5, 0.6) is 0 Å². The standard InChI is InChI=1S/C16H20BrNOS/c1-5-16(4,19-6-2)15-18-14(11(3)20-15)12-8-7-9-13(17)10-12/h7-10H,5-6H2,1-4H3. The van der Waals surface area contributed by atoms with Crippen LogP contribution >= 0.6 is 27.3 Å². The van der Waals surface area contributed by atoms with Gasteiger partial charge in [-0.2, -0.15) is 0 Å². The van der Waals surface area contributed by atoms with Gasteiger partial charge >= 0.3 is 0 Å². The highest BCUT2D eigenvalue weighted by molar-refractivity contribution is 9.10. The van der Waals surface area contributed by atoms with Crippen molar-refractivity contribution in [1.82, 2.24) is 4.98 Å². The van der Waals surface area contributed by atoms with E-state index in [0.717, 1.165) is 27.2 Å². The van der Waals surface area contributed by atoms with Gasteiger partial charge in [-0.25, -0.2) is 4.98 Å². The van der Waals surface area contributed by atoms with E-state index in [2.05, 4.69) is 48.8 Å². The summed E-state index contributed by atoms with van der Waals surface area (Å²) in [6.45, 7) is 9.13. The van der Waals surface area contributed by atoms with E-state index in [1.165, 1.54) is 4.88 Å². The Labute approximate surface area is 133 Å². The highest BCUT2D eigenvalue weighted by Gasteiger charge is 2.29. The molecule has 0 saturated carbocycles. The van der Waals surface area contributed by atoms with Crippen molar-refractivity contribution in [3.8, 4) is 11.3 Å². The highest BCUT2D eigenvalue weighted by Crippen LogP contribution is 2.37. The molecule has 0 bridgehead atoms. The van der Waals surface area contributed by atoms with Crippen molar-refractivity contribution < 1.29 is 4.74 Å². The Hall–Kier alpha value is -0.710. The van der Waals surface area contributed by atoms with E-state index in [-0.39, 0.29) is 5.60 Å². The van der Waals surface area contributed by atoms with Crippen LogP contribution in [-0.2, 0) is 10.3 Å². The van der Waals surface area contributed by atoms with Crippen molar-refractivity contribution in [3.05, 3.63) is 38.6 Å². The van der Waals surface area contributed by atoms with Crippen LogP contribution in [0.2, 0.25) is 0 Å². The highest BCUT2D eigenvalue weighted by atomic mass is 79.9. The van der Waals surface area contributed by atoms with Gasteiger partial charge in [0.1, 0.15) is 10.6 Å². The summed E-state index contributed by atoms with van der Waals surface area (Å²) in [7, 11) is 0. The van der Waals surface area contributed by atoms with Crippen LogP contribution in [0.25, 0.3) is 11.3 Å². The summed E-state index contributed by atoms with van der Waals surface area (Å²) in [5.41, 5.74) is 1.93. The zero-order valence-corrected chi connectivity index (χ0v) is 14.8. The number of benzene rings is 1. The van der Waals surface area contributed by atoms with Gasteiger partial charge < -0.3 is 4.74 Å². The molecule has 20 heavy (non-hydrogen) atoms. The fourth-order valence-corrected chi connectivity index (χ4v) is 3.67. The van der Waals surface area contributed by atoms with E-state index in [1.54, 1.807) is 11.3 Å². The van der Waals surface area contributed by atoms with Gasteiger partial charge in [-0.05, 0) is 39.3 Å². The minimum absolute atomic E-state index is 0.283. The van der Waals surface area contributed by atoms with E-state index in [4.69, 9.17) is 9.72 Å². The predicted molar refractivity (Wildman–Crippen MR) is 89.3 cm³/mol. The monoisotopic (exact) mass is 353 g/mol. The second-order valence-electron chi connectivity index (χ2n) is 4.95. The third-order valence-corrected chi connectivity index (χ3v) is 5.19. The van der Waals surface area contributed by atoms with Gasteiger partial charge in [0.25, 0.3) is 0 Å². The lowest BCUT2D eigenvalue weighted by atomic mass is 10.0. The minimum atomic E-state index is -0.283. The topological polar surface area (TPSA) is 22.1 Å². The fourth-order valence-electron chi connectivity index (χ4n) is 2.16. The van der Waals surface area contributed by atoms with E-state index < -0.39 is 0 Å². The molecule has 108 valence electrons. The van der Waals surface area contributed by atoms with Crippen molar-refractivity contribution in [2.75, 3.05) is 6.61 Å². The van der Waals surface area contributed by atoms with Crippen molar-refractivity contribution >= 4 is 27.3 Å². The largest absolute Gasteiger partial charge is 0.368 e. The lowest BCUT2D eigenvalue weighted by Crippen LogP contribution is -2.24. The molecular weight excluding hydrogens is 334 g/mol. The van der Waals surface area contributed by atoms with Crippen molar-refractivity contribution in [2.45, 2.75) is 39.7 Å². The third kappa shape index (κ3) is 3.13. The van der Waals surface area contributed by atoms with E-state index in [9.17, 15) is 0 Å². The van der Waals surface area contributed by atoms with Crippen molar-refractivity contribution in [3.63, 3.8) is 0 Å². The molecule has 1 aromatic carbocycles. The number of ether oxygens (including phenoxy) is 1. The Kier molecular flexibility index (Phi) is 4.99. The predicted octanol–water partition coefficient (Wildman–Crippen LogP) is 5.54. The molecule has 1 unspecified atom stereocenters. The van der Waals surface area contributed by atoms with Crippen LogP contribution in [0.3, 0.4) is 0 Å². The second-order valence-corrected chi connectivity index (χ2v) is 7.07. The molecule has 2 rings (SSSR count). The Morgan fingerprint density at radius 3 is 2.70 bits per heavy atom. The summed E-state index contributed by atoms with van der Waals surface area (Å²) >= 11 is 5.25. The normalized spacial score (nSPS) is 14.2. The number of aryl methyl sites for hydroxylation is 1. The number of hydrogen-bond acceptors (Lipinski definition) is 3. The van der Waals surface area contributed by atoms with Gasteiger partial charge in [0, 0.05) is 21.5 Å². The summed E-state index contributed by atoms with van der Waals surface area (Å²) in [6, 6.07) is 8.28. The van der Waals surface area contributed by atoms with Crippen molar-refractivity contribution in [1.29, 1.82) is 0 Å². The molecule has 2 nitrogen and oxygen atoms in total. The van der Waals surface area contributed by atoms with E-state index in [1.807, 2.05) is 19.1 Å². The van der Waals surface area contributed by atoms with Gasteiger partial charge in [0.15, 0.2) is 0 Å². The molecule has 0 fully saturated rings. The molecule has 0 aliphatic heterocycles. The summed E-state index contributed by atoms with van der Waals surface area (Å²) in [5, 5.41) is 1.06. The Balaban J connectivity index is 2.44. The second kappa shape index (κ2) is 6.37. The van der Waals surface area contributed by atoms with Gasteiger partial charge in [-0.15, -0.1) is 11.3 Å². The molecule has 0 radical (unpaired) electrons. The number of thiazole rings is 1. The molecule has 0 spiro atoms. The summed E-state index contributed by atoms with van der Waals surface area (Å²) < 4.78 is 7.01. The van der Waals surface area contributed by atoms with Crippen LogP contribution in [0.1, 0.15) is 37.1 Å². The summed E-state index contributed by atoms with van der Waals surface area (Å²) in [5.74, 6) is 0. The maximum atomic E-state index is 5.93. The average molecular weight is 354 g/mol. The number of aromatic nitrogens is 1. The number of hydrogen-bond donors (Lipinski definition) is 0. The smallest absolute Gasteiger partial charge is 0.125 e. The first-order chi connectivity index (χ1) is 9.50. The Bertz CT molecular complexity index is 596. The zero-order chi connectivity index (χ0) is 14.8. The Morgan fingerprint density at radius 2 is 2.10 bits per heavy atom. The lowest BCUT2D eigenvalue weighted by molar-refractivity contribution is -0.0324. The first-order valence-electron chi connectivity index (χ1n) is 6.88. The maximum absolute atomic E-state index is 5.93. The molecule has 1 atom stereocenters. The van der Waals surface area contributed by atoms with Gasteiger partial charge in [-0.3, -0.25) is 0 Å². The van der Waals surface area contributed by atoms with E-state index in [0.29, 0.717) is 6.61 Å². The summed E-state index contributed by atoms with van der Waals surface area (Å²) in [6.07, 6.45) is 0.922. The molecule has 0 saturated heterocycles. The van der Waals surface area contributed by atoms with Crippen LogP contribution in [0.15, 0.2) is 28.7 Å². The van der Waals surface area contributed by atoms with Crippen LogP contribution < -0.4 is 0 Å². The summed E-state index contributed by atoms with van der Waals surface area (Å²) in [4.78, 5) is 6.09. The zero-order valence-electron chi connectivity index (χ0n) is 12.4. The molecule has 4 heteroatoms. The molecule has 1 aromatic heterocycles. The van der Waals surface area contributed by atoms with Crippen molar-refractivity contribution in [2.24, 2.45) is 0 Å². The van der Waals surface area contributed by atoms with Gasteiger partial charge in [-0.1, -0.05) is 35.0 Å². The first-order valence-corrected chi connectivity index (χ1v) is 8.49. The number of nitrogens with zero attached hydrogens (tertiary/aromatic N) is 1. The molecule has 2 aromatic rings. The van der Waals surface area contributed by atoms with E-state index >= 15 is 0 Å². The minimum Gasteiger partial charge on any atom is -0.368 e. The molecule has 0 amide bonds. The third-order valence-electron chi connectivity index (χ3n) is 3.48. The van der Waals surface area contributed by atoms with Gasteiger partial charge in [0.05, 0.1) is 5.69 Å².